The normalized spacial score (nSPS) is 12.4. The molecule has 96 valence electrons. The second-order valence-electron chi connectivity index (χ2n) is 4.22. The molecular weight excluding hydrogens is 244 g/mol. The van der Waals surface area contributed by atoms with Crippen LogP contribution in [0.5, 0.6) is 0 Å². The predicted molar refractivity (Wildman–Crippen MR) is 75.9 cm³/mol. The number of pyridine rings is 1. The second kappa shape index (κ2) is 5.98. The number of hydrogen-bond acceptors (Lipinski definition) is 4. The Bertz CT molecular complexity index is 465. The van der Waals surface area contributed by atoms with Gasteiger partial charge >= 0.3 is 0 Å². The standard InChI is InChI=1S/C14H18N2OS/c1-3-16(10-13-5-4-8-18-13)14-7-6-12(9-15-14)11(2)17/h4-9,11,17H,3,10H2,1-2H3/t11-/m1/s1. The first-order valence-electron chi connectivity index (χ1n) is 6.12. The second-order valence-corrected chi connectivity index (χ2v) is 5.25. The van der Waals surface area contributed by atoms with Gasteiger partial charge in [0.2, 0.25) is 0 Å². The van der Waals surface area contributed by atoms with Gasteiger partial charge in [0.05, 0.1) is 12.6 Å². The maximum absolute atomic E-state index is 9.47. The Kier molecular flexibility index (Phi) is 4.33. The molecule has 2 aromatic heterocycles. The summed E-state index contributed by atoms with van der Waals surface area (Å²) in [6.07, 6.45) is 1.29. The van der Waals surface area contributed by atoms with Gasteiger partial charge in [-0.1, -0.05) is 12.1 Å². The van der Waals surface area contributed by atoms with E-state index in [2.05, 4.69) is 34.3 Å². The van der Waals surface area contributed by atoms with Crippen molar-refractivity contribution in [1.82, 2.24) is 4.98 Å². The Hall–Kier alpha value is -1.39. The third kappa shape index (κ3) is 3.09. The van der Waals surface area contributed by atoms with E-state index in [4.69, 9.17) is 0 Å². The molecule has 0 aliphatic carbocycles. The van der Waals surface area contributed by atoms with E-state index in [0.717, 1.165) is 24.5 Å². The molecule has 4 heteroatoms. The molecule has 1 atom stereocenters. The smallest absolute Gasteiger partial charge is 0.128 e. The highest BCUT2D eigenvalue weighted by molar-refractivity contribution is 7.09. The number of nitrogens with zero attached hydrogens (tertiary/aromatic N) is 2. The van der Waals surface area contributed by atoms with Gasteiger partial charge in [0, 0.05) is 17.6 Å². The number of thiophene rings is 1. The molecule has 0 spiro atoms. The highest BCUT2D eigenvalue weighted by Gasteiger charge is 2.08. The maximum Gasteiger partial charge on any atom is 0.128 e. The lowest BCUT2D eigenvalue weighted by atomic mass is 10.2. The molecule has 2 rings (SSSR count). The molecule has 0 unspecified atom stereocenters. The van der Waals surface area contributed by atoms with Gasteiger partial charge in [-0.05, 0) is 36.9 Å². The molecule has 0 bridgehead atoms. The van der Waals surface area contributed by atoms with Gasteiger partial charge in [-0.25, -0.2) is 4.98 Å². The van der Waals surface area contributed by atoms with E-state index in [9.17, 15) is 5.11 Å². The molecule has 3 nitrogen and oxygen atoms in total. The zero-order valence-electron chi connectivity index (χ0n) is 10.7. The van der Waals surface area contributed by atoms with Crippen LogP contribution in [0.3, 0.4) is 0 Å². The van der Waals surface area contributed by atoms with Crippen LogP contribution in [-0.2, 0) is 6.54 Å². The van der Waals surface area contributed by atoms with Crippen LogP contribution in [0.4, 0.5) is 5.82 Å². The summed E-state index contributed by atoms with van der Waals surface area (Å²) in [5.74, 6) is 0.954. The maximum atomic E-state index is 9.47. The summed E-state index contributed by atoms with van der Waals surface area (Å²) in [6, 6.07) is 8.11. The van der Waals surface area contributed by atoms with Crippen LogP contribution >= 0.6 is 11.3 Å². The van der Waals surface area contributed by atoms with Crippen molar-refractivity contribution in [1.29, 1.82) is 0 Å². The first-order chi connectivity index (χ1) is 8.70. The highest BCUT2D eigenvalue weighted by Crippen LogP contribution is 2.19. The van der Waals surface area contributed by atoms with E-state index in [1.165, 1.54) is 4.88 Å². The molecule has 0 fully saturated rings. The van der Waals surface area contributed by atoms with Gasteiger partial charge in [-0.15, -0.1) is 11.3 Å². The zero-order valence-corrected chi connectivity index (χ0v) is 11.5. The van der Waals surface area contributed by atoms with E-state index in [1.807, 2.05) is 12.1 Å². The molecule has 0 aliphatic heterocycles. The lowest BCUT2D eigenvalue weighted by Gasteiger charge is -2.21. The number of hydrogen-bond donors (Lipinski definition) is 1. The Labute approximate surface area is 112 Å². The number of aliphatic hydroxyl groups excluding tert-OH is 1. The summed E-state index contributed by atoms with van der Waals surface area (Å²) in [5.41, 5.74) is 0.853. The number of anilines is 1. The fourth-order valence-electron chi connectivity index (χ4n) is 1.78. The zero-order chi connectivity index (χ0) is 13.0. The van der Waals surface area contributed by atoms with Crippen LogP contribution in [0.25, 0.3) is 0 Å². The van der Waals surface area contributed by atoms with Crippen LogP contribution < -0.4 is 4.90 Å². The number of aliphatic hydroxyl groups is 1. The Morgan fingerprint density at radius 2 is 2.22 bits per heavy atom. The Morgan fingerprint density at radius 1 is 1.39 bits per heavy atom. The van der Waals surface area contributed by atoms with Crippen molar-refractivity contribution in [2.24, 2.45) is 0 Å². The predicted octanol–water partition coefficient (Wildman–Crippen LogP) is 3.22. The van der Waals surface area contributed by atoms with Crippen molar-refractivity contribution >= 4 is 17.2 Å². The third-order valence-corrected chi connectivity index (χ3v) is 3.75. The fraction of sp³-hybridized carbons (Fsp3) is 0.357. The topological polar surface area (TPSA) is 36.4 Å². The average molecular weight is 262 g/mol. The number of rotatable bonds is 5. The molecule has 0 saturated heterocycles. The van der Waals surface area contributed by atoms with Gasteiger partial charge < -0.3 is 10.0 Å². The minimum atomic E-state index is -0.459. The van der Waals surface area contributed by atoms with Gasteiger partial charge in [0.15, 0.2) is 0 Å². The molecule has 2 heterocycles. The van der Waals surface area contributed by atoms with Gasteiger partial charge in [-0.2, -0.15) is 0 Å². The van der Waals surface area contributed by atoms with E-state index >= 15 is 0 Å². The van der Waals surface area contributed by atoms with Crippen molar-refractivity contribution in [3.05, 3.63) is 46.3 Å². The molecular formula is C14H18N2OS. The van der Waals surface area contributed by atoms with Crippen molar-refractivity contribution in [2.75, 3.05) is 11.4 Å². The monoisotopic (exact) mass is 262 g/mol. The van der Waals surface area contributed by atoms with Crippen LogP contribution in [0.2, 0.25) is 0 Å². The van der Waals surface area contributed by atoms with Crippen LogP contribution in [0, 0.1) is 0 Å². The van der Waals surface area contributed by atoms with E-state index in [1.54, 1.807) is 24.5 Å². The first kappa shape index (κ1) is 13.1. The molecule has 0 aliphatic rings. The van der Waals surface area contributed by atoms with Gasteiger partial charge in [0.1, 0.15) is 5.82 Å². The molecule has 2 aromatic rings. The SMILES string of the molecule is CCN(Cc1cccs1)c1ccc([C@@H](C)O)cn1. The van der Waals surface area contributed by atoms with E-state index < -0.39 is 6.10 Å². The summed E-state index contributed by atoms with van der Waals surface area (Å²) < 4.78 is 0. The molecule has 1 N–H and O–H groups in total. The molecule has 0 amide bonds. The largest absolute Gasteiger partial charge is 0.389 e. The van der Waals surface area contributed by atoms with E-state index in [-0.39, 0.29) is 0 Å². The summed E-state index contributed by atoms with van der Waals surface area (Å²) >= 11 is 1.76. The van der Waals surface area contributed by atoms with Crippen molar-refractivity contribution < 1.29 is 5.11 Å². The summed E-state index contributed by atoms with van der Waals surface area (Å²) in [4.78, 5) is 7.97. The van der Waals surface area contributed by atoms with Gasteiger partial charge in [-0.3, -0.25) is 0 Å². The lowest BCUT2D eigenvalue weighted by molar-refractivity contribution is 0.199. The minimum absolute atomic E-state index is 0.459. The van der Waals surface area contributed by atoms with Crippen LogP contribution in [-0.4, -0.2) is 16.6 Å². The minimum Gasteiger partial charge on any atom is -0.389 e. The Morgan fingerprint density at radius 3 is 2.72 bits per heavy atom. The van der Waals surface area contributed by atoms with Crippen molar-refractivity contribution in [3.63, 3.8) is 0 Å². The molecule has 0 saturated carbocycles. The number of aromatic nitrogens is 1. The highest BCUT2D eigenvalue weighted by atomic mass is 32.1. The van der Waals surface area contributed by atoms with Crippen LogP contribution in [0.15, 0.2) is 35.8 Å². The summed E-state index contributed by atoms with van der Waals surface area (Å²) in [7, 11) is 0. The summed E-state index contributed by atoms with van der Waals surface area (Å²) in [5, 5.41) is 11.6. The van der Waals surface area contributed by atoms with Crippen molar-refractivity contribution in [3.8, 4) is 0 Å². The van der Waals surface area contributed by atoms with Gasteiger partial charge in [0.25, 0.3) is 0 Å². The van der Waals surface area contributed by atoms with E-state index in [0.29, 0.717) is 0 Å². The quantitative estimate of drug-likeness (QED) is 0.898. The summed E-state index contributed by atoms with van der Waals surface area (Å²) in [6.45, 7) is 5.67. The molecule has 18 heavy (non-hydrogen) atoms. The van der Waals surface area contributed by atoms with Crippen LogP contribution in [0.1, 0.15) is 30.4 Å². The average Bonchev–Trinajstić information content (AvgIpc) is 2.89. The first-order valence-corrected chi connectivity index (χ1v) is 7.00. The lowest BCUT2D eigenvalue weighted by Crippen LogP contribution is -2.22. The molecule has 0 aromatic carbocycles. The Balaban J connectivity index is 2.12. The van der Waals surface area contributed by atoms with Crippen molar-refractivity contribution in [2.45, 2.75) is 26.5 Å². The third-order valence-electron chi connectivity index (χ3n) is 2.89. The fourth-order valence-corrected chi connectivity index (χ4v) is 2.50. The molecule has 0 radical (unpaired) electrons.